The summed E-state index contributed by atoms with van der Waals surface area (Å²) in [5, 5.41) is 3.30. The Morgan fingerprint density at radius 2 is 1.75 bits per heavy atom. The summed E-state index contributed by atoms with van der Waals surface area (Å²) in [7, 11) is 0. The van der Waals surface area contributed by atoms with Gasteiger partial charge in [0, 0.05) is 28.3 Å². The molecule has 1 aliphatic rings. The molecule has 1 aliphatic heterocycles. The van der Waals surface area contributed by atoms with E-state index in [-0.39, 0.29) is 24.2 Å². The van der Waals surface area contributed by atoms with Crippen LogP contribution in [0.3, 0.4) is 0 Å². The third kappa shape index (κ3) is 4.20. The van der Waals surface area contributed by atoms with Crippen LogP contribution in [0.2, 0.25) is 5.02 Å². The van der Waals surface area contributed by atoms with Gasteiger partial charge in [0.05, 0.1) is 11.4 Å². The Bertz CT molecular complexity index is 1250. The molecule has 0 saturated carbocycles. The molecule has 6 heteroatoms. The summed E-state index contributed by atoms with van der Waals surface area (Å²) in [5.41, 5.74) is 4.09. The predicted molar refractivity (Wildman–Crippen MR) is 125 cm³/mol. The number of rotatable bonds is 5. The van der Waals surface area contributed by atoms with Gasteiger partial charge in [0.25, 0.3) is 11.8 Å². The molecular weight excluding hydrogens is 427 g/mol. The number of carbonyl (C=O) groups is 2. The number of aryl methyl sites for hydroxylation is 1. The van der Waals surface area contributed by atoms with Gasteiger partial charge in [-0.3, -0.25) is 14.5 Å². The lowest BCUT2D eigenvalue weighted by molar-refractivity contribution is -0.114. The smallest absolute Gasteiger partial charge is 0.261 e. The van der Waals surface area contributed by atoms with E-state index in [1.165, 1.54) is 17.0 Å². The minimum atomic E-state index is -0.384. The fourth-order valence-corrected chi connectivity index (χ4v) is 3.82. The summed E-state index contributed by atoms with van der Waals surface area (Å²) in [4.78, 5) is 27.5. The van der Waals surface area contributed by atoms with Crippen molar-refractivity contribution < 1.29 is 14.0 Å². The van der Waals surface area contributed by atoms with Crippen LogP contribution < -0.4 is 10.2 Å². The Hall–Kier alpha value is -3.70. The van der Waals surface area contributed by atoms with Gasteiger partial charge in [0.2, 0.25) is 0 Å². The van der Waals surface area contributed by atoms with Crippen LogP contribution >= 0.6 is 11.6 Å². The number of halogens is 2. The number of nitrogens with zero attached hydrogens (tertiary/aromatic N) is 1. The quantitative estimate of drug-likeness (QED) is 0.560. The molecule has 1 heterocycles. The molecule has 4 nitrogen and oxygen atoms in total. The van der Waals surface area contributed by atoms with Crippen LogP contribution in [-0.2, 0) is 4.79 Å². The highest BCUT2D eigenvalue weighted by Gasteiger charge is 2.35. The van der Waals surface area contributed by atoms with Crippen LogP contribution in [0.5, 0.6) is 0 Å². The van der Waals surface area contributed by atoms with E-state index in [2.05, 4.69) is 11.9 Å². The van der Waals surface area contributed by atoms with E-state index in [9.17, 15) is 14.0 Å². The van der Waals surface area contributed by atoms with E-state index < -0.39 is 0 Å². The van der Waals surface area contributed by atoms with E-state index in [4.69, 9.17) is 11.6 Å². The maximum absolute atomic E-state index is 13.5. The Morgan fingerprint density at radius 1 is 1.06 bits per heavy atom. The zero-order chi connectivity index (χ0) is 22.8. The average Bonchev–Trinajstić information content (AvgIpc) is 3.02. The minimum Gasteiger partial charge on any atom is -0.348 e. The van der Waals surface area contributed by atoms with Gasteiger partial charge in [-0.25, -0.2) is 4.39 Å². The van der Waals surface area contributed by atoms with Crippen molar-refractivity contribution in [1.29, 1.82) is 0 Å². The molecule has 3 aromatic carbocycles. The van der Waals surface area contributed by atoms with E-state index in [0.717, 1.165) is 5.56 Å². The summed E-state index contributed by atoms with van der Waals surface area (Å²) >= 11 is 6.13. The van der Waals surface area contributed by atoms with Gasteiger partial charge in [0.1, 0.15) is 5.82 Å². The SMILES string of the molecule is C=C1C(c2ccc(F)cc2)=C(CNC(=O)c2ccc(C)cc2)C(=O)N1c1cccc(Cl)c1. The van der Waals surface area contributed by atoms with Crippen LogP contribution in [0.1, 0.15) is 21.5 Å². The van der Waals surface area contributed by atoms with Gasteiger partial charge >= 0.3 is 0 Å². The summed E-state index contributed by atoms with van der Waals surface area (Å²) in [6.07, 6.45) is 0. The number of carbonyl (C=O) groups excluding carboxylic acids is 2. The number of allylic oxidation sites excluding steroid dienone is 1. The van der Waals surface area contributed by atoms with Crippen LogP contribution in [0.15, 0.2) is 90.6 Å². The topological polar surface area (TPSA) is 49.4 Å². The van der Waals surface area contributed by atoms with Crippen molar-refractivity contribution in [3.8, 4) is 0 Å². The highest BCUT2D eigenvalue weighted by molar-refractivity contribution is 6.31. The lowest BCUT2D eigenvalue weighted by atomic mass is 10.00. The molecule has 0 bridgehead atoms. The first-order valence-corrected chi connectivity index (χ1v) is 10.4. The number of hydrogen-bond acceptors (Lipinski definition) is 2. The van der Waals surface area contributed by atoms with Crippen molar-refractivity contribution in [2.45, 2.75) is 6.92 Å². The van der Waals surface area contributed by atoms with Crippen molar-refractivity contribution in [2.75, 3.05) is 11.4 Å². The Labute approximate surface area is 190 Å². The molecule has 0 spiro atoms. The van der Waals surface area contributed by atoms with Crippen molar-refractivity contribution >= 4 is 34.7 Å². The number of benzene rings is 3. The number of anilines is 1. The van der Waals surface area contributed by atoms with E-state index in [1.807, 2.05) is 19.1 Å². The van der Waals surface area contributed by atoms with Gasteiger partial charge in [-0.15, -0.1) is 0 Å². The first kappa shape index (κ1) is 21.5. The van der Waals surface area contributed by atoms with Crippen molar-refractivity contribution in [1.82, 2.24) is 5.32 Å². The largest absolute Gasteiger partial charge is 0.348 e. The molecule has 160 valence electrons. The molecule has 0 unspecified atom stereocenters. The van der Waals surface area contributed by atoms with E-state index in [0.29, 0.717) is 38.7 Å². The molecule has 0 fully saturated rings. The van der Waals surface area contributed by atoms with Crippen LogP contribution in [-0.4, -0.2) is 18.4 Å². The van der Waals surface area contributed by atoms with Gasteiger partial charge in [0.15, 0.2) is 0 Å². The van der Waals surface area contributed by atoms with Crippen molar-refractivity contribution in [3.63, 3.8) is 0 Å². The molecule has 0 aromatic heterocycles. The molecule has 0 saturated heterocycles. The first-order valence-electron chi connectivity index (χ1n) is 9.98. The average molecular weight is 447 g/mol. The summed E-state index contributed by atoms with van der Waals surface area (Å²) in [5.74, 6) is -0.999. The summed E-state index contributed by atoms with van der Waals surface area (Å²) in [6.45, 7) is 6.05. The number of hydrogen-bond donors (Lipinski definition) is 1. The van der Waals surface area contributed by atoms with Crippen LogP contribution in [0.4, 0.5) is 10.1 Å². The van der Waals surface area contributed by atoms with Gasteiger partial charge in [-0.05, 0) is 55.0 Å². The maximum Gasteiger partial charge on any atom is 0.261 e. The monoisotopic (exact) mass is 446 g/mol. The zero-order valence-corrected chi connectivity index (χ0v) is 18.1. The van der Waals surface area contributed by atoms with E-state index >= 15 is 0 Å². The summed E-state index contributed by atoms with van der Waals surface area (Å²) < 4.78 is 13.5. The fraction of sp³-hybridized carbons (Fsp3) is 0.0769. The molecule has 2 amide bonds. The molecule has 4 rings (SSSR count). The van der Waals surface area contributed by atoms with Crippen LogP contribution in [0.25, 0.3) is 5.57 Å². The maximum atomic E-state index is 13.5. The Morgan fingerprint density at radius 3 is 2.41 bits per heavy atom. The van der Waals surface area contributed by atoms with Gasteiger partial charge in [-0.1, -0.05) is 54.1 Å². The lowest BCUT2D eigenvalue weighted by Gasteiger charge is -2.19. The van der Waals surface area contributed by atoms with Gasteiger partial charge in [-0.2, -0.15) is 0 Å². The van der Waals surface area contributed by atoms with Crippen molar-refractivity contribution in [2.24, 2.45) is 0 Å². The number of amides is 2. The lowest BCUT2D eigenvalue weighted by Crippen LogP contribution is -2.31. The third-order valence-electron chi connectivity index (χ3n) is 5.26. The second-order valence-corrected chi connectivity index (χ2v) is 7.91. The first-order chi connectivity index (χ1) is 15.3. The zero-order valence-electron chi connectivity index (χ0n) is 17.4. The summed E-state index contributed by atoms with van der Waals surface area (Å²) in [6, 6.07) is 19.9. The van der Waals surface area contributed by atoms with Gasteiger partial charge < -0.3 is 5.32 Å². The van der Waals surface area contributed by atoms with Crippen molar-refractivity contribution in [3.05, 3.63) is 118 Å². The second kappa shape index (κ2) is 8.81. The molecule has 0 aliphatic carbocycles. The molecule has 0 atom stereocenters. The minimum absolute atomic E-state index is 0.00562. The molecule has 32 heavy (non-hydrogen) atoms. The Balaban J connectivity index is 1.69. The normalized spacial score (nSPS) is 13.7. The Kier molecular flexibility index (Phi) is 5.93. The molecule has 3 aromatic rings. The molecular formula is C26H20ClFN2O2. The standard InChI is InChI=1S/C26H20ClFN2O2/c1-16-6-8-19(9-7-16)25(31)29-15-23-24(18-10-12-21(28)13-11-18)17(2)30(26(23)32)22-5-3-4-20(27)14-22/h3-14H,2,15H2,1H3,(H,29,31). The fourth-order valence-electron chi connectivity index (χ4n) is 3.64. The van der Waals surface area contributed by atoms with E-state index in [1.54, 1.807) is 48.5 Å². The second-order valence-electron chi connectivity index (χ2n) is 7.48. The molecule has 0 radical (unpaired) electrons. The van der Waals surface area contributed by atoms with Crippen LogP contribution in [0, 0.1) is 12.7 Å². The highest BCUT2D eigenvalue weighted by Crippen LogP contribution is 2.39. The molecule has 1 N–H and O–H groups in total. The predicted octanol–water partition coefficient (Wildman–Crippen LogP) is 5.53. The third-order valence-corrected chi connectivity index (χ3v) is 5.50. The highest BCUT2D eigenvalue weighted by atomic mass is 35.5. The number of nitrogens with one attached hydrogen (secondary N) is 1.